The highest BCUT2D eigenvalue weighted by Crippen LogP contribution is 2.26. The minimum Gasteiger partial charge on any atom is -0.497 e. The molecule has 13 heteroatoms. The van der Waals surface area contributed by atoms with Crippen LogP contribution in [0.15, 0.2) is 85.1 Å². The van der Waals surface area contributed by atoms with Crippen LogP contribution in [0.5, 0.6) is 5.75 Å². The van der Waals surface area contributed by atoms with E-state index in [1.54, 1.807) is 23.7 Å². The quantitative estimate of drug-likeness (QED) is 0.330. The number of rotatable bonds is 4. The number of carbonyl (C=O) groups excluding carboxylic acids is 3. The number of fused-ring (bicyclic) bond motifs is 3. The molecule has 0 fully saturated rings. The van der Waals surface area contributed by atoms with Crippen LogP contribution in [-0.4, -0.2) is 95.6 Å². The highest BCUT2D eigenvalue weighted by Gasteiger charge is 2.28. The minimum absolute atomic E-state index is 0.00501. The molecule has 0 saturated heterocycles. The van der Waals surface area contributed by atoms with Crippen molar-refractivity contribution in [1.82, 2.24) is 35.4 Å². The van der Waals surface area contributed by atoms with Gasteiger partial charge >= 0.3 is 0 Å². The summed E-state index contributed by atoms with van der Waals surface area (Å²) < 4.78 is 19.2. The third-order valence-corrected chi connectivity index (χ3v) is 8.84. The van der Waals surface area contributed by atoms with Gasteiger partial charge in [-0.3, -0.25) is 19.3 Å². The van der Waals surface area contributed by atoms with E-state index in [-0.39, 0.29) is 56.4 Å². The fourth-order valence-corrected chi connectivity index (χ4v) is 5.85. The summed E-state index contributed by atoms with van der Waals surface area (Å²) in [5.41, 5.74) is 4.15. The van der Waals surface area contributed by atoms with Crippen LogP contribution >= 0.6 is 0 Å². The summed E-state index contributed by atoms with van der Waals surface area (Å²) in [6.07, 6.45) is 1.52. The summed E-state index contributed by atoms with van der Waals surface area (Å²) in [4.78, 5) is 43.6. The third-order valence-electron chi connectivity index (χ3n) is 8.84. The lowest BCUT2D eigenvalue weighted by atomic mass is 10.0. The lowest BCUT2D eigenvalue weighted by Crippen LogP contribution is -2.47. The Morgan fingerprint density at radius 2 is 1.63 bits per heavy atom. The largest absolute Gasteiger partial charge is 0.497 e. The molecule has 13 nitrogen and oxygen atoms in total. The summed E-state index contributed by atoms with van der Waals surface area (Å²) in [6.45, 7) is 4.32. The molecule has 0 radical (unpaired) electrons. The van der Waals surface area contributed by atoms with Crippen LogP contribution in [0.25, 0.3) is 0 Å². The molecular formula is C38H47N7O6. The lowest BCUT2D eigenvalue weighted by molar-refractivity contribution is -0.137. The molecule has 3 aromatic carbocycles. The van der Waals surface area contributed by atoms with E-state index in [2.05, 4.69) is 20.9 Å². The molecule has 4 aromatic rings. The first-order valence-electron chi connectivity index (χ1n) is 17.1. The van der Waals surface area contributed by atoms with Gasteiger partial charge in [-0.05, 0) is 41.3 Å². The van der Waals surface area contributed by atoms with Gasteiger partial charge in [-0.25, -0.2) is 4.68 Å². The van der Waals surface area contributed by atoms with Crippen molar-refractivity contribution in [3.63, 3.8) is 0 Å². The molecule has 0 spiro atoms. The van der Waals surface area contributed by atoms with Crippen LogP contribution in [0, 0.1) is 0 Å². The molecule has 2 heterocycles. The zero-order chi connectivity index (χ0) is 36.0. The van der Waals surface area contributed by atoms with Gasteiger partial charge in [0, 0.05) is 26.7 Å². The first-order valence-corrected chi connectivity index (χ1v) is 17.1. The van der Waals surface area contributed by atoms with Crippen molar-refractivity contribution >= 4 is 17.7 Å². The maximum Gasteiger partial charge on any atom is 0.236 e. The van der Waals surface area contributed by atoms with E-state index < -0.39 is 6.10 Å². The SMILES string of the molecule is COc1ccc(CN2CC(=O)NCc3ccccc3CC(=O)NCCOCCn3cc(nn3)CO[C@H](c3ccccc3)[C@H](C)N(C)C(=O)C2)cc1. The number of amides is 3. The van der Waals surface area contributed by atoms with Crippen molar-refractivity contribution in [3.05, 3.63) is 113 Å². The number of nitrogens with one attached hydrogen (secondary N) is 2. The Balaban J connectivity index is 1.37. The van der Waals surface area contributed by atoms with Crippen molar-refractivity contribution < 1.29 is 28.6 Å². The Morgan fingerprint density at radius 3 is 2.39 bits per heavy atom. The Kier molecular flexibility index (Phi) is 13.7. The number of hydrogen-bond donors (Lipinski definition) is 2. The molecule has 0 saturated carbocycles. The fraction of sp³-hybridized carbons (Fsp3) is 0.395. The van der Waals surface area contributed by atoms with Crippen molar-refractivity contribution in [2.24, 2.45) is 0 Å². The second-order valence-electron chi connectivity index (χ2n) is 12.5. The average molecular weight is 698 g/mol. The summed E-state index contributed by atoms with van der Waals surface area (Å²) in [5.74, 6) is 0.171. The summed E-state index contributed by atoms with van der Waals surface area (Å²) in [7, 11) is 3.36. The fourth-order valence-electron chi connectivity index (χ4n) is 5.85. The summed E-state index contributed by atoms with van der Waals surface area (Å²) >= 11 is 0. The summed E-state index contributed by atoms with van der Waals surface area (Å²) in [5, 5.41) is 14.4. The second-order valence-corrected chi connectivity index (χ2v) is 12.5. The number of benzene rings is 3. The van der Waals surface area contributed by atoms with Gasteiger partial charge in [-0.1, -0.05) is 71.9 Å². The minimum atomic E-state index is -0.461. The van der Waals surface area contributed by atoms with Gasteiger partial charge in [-0.15, -0.1) is 5.10 Å². The number of methoxy groups -OCH3 is 1. The highest BCUT2D eigenvalue weighted by atomic mass is 16.5. The number of likely N-dealkylation sites (N-methyl/N-ethyl adjacent to an activating group) is 1. The van der Waals surface area contributed by atoms with Crippen molar-refractivity contribution in [3.8, 4) is 5.75 Å². The monoisotopic (exact) mass is 697 g/mol. The van der Waals surface area contributed by atoms with Crippen molar-refractivity contribution in [2.45, 2.75) is 51.7 Å². The van der Waals surface area contributed by atoms with Gasteiger partial charge in [0.15, 0.2) is 0 Å². The molecule has 0 unspecified atom stereocenters. The van der Waals surface area contributed by atoms with E-state index >= 15 is 0 Å². The van der Waals surface area contributed by atoms with Gasteiger partial charge in [0.1, 0.15) is 17.5 Å². The van der Waals surface area contributed by atoms with Crippen LogP contribution in [-0.2, 0) is 56.5 Å². The van der Waals surface area contributed by atoms with Gasteiger partial charge in [-0.2, -0.15) is 0 Å². The Labute approximate surface area is 298 Å². The molecule has 51 heavy (non-hydrogen) atoms. The van der Waals surface area contributed by atoms with Crippen LogP contribution < -0.4 is 15.4 Å². The molecule has 1 aliphatic rings. The van der Waals surface area contributed by atoms with Crippen LogP contribution in [0.2, 0.25) is 0 Å². The van der Waals surface area contributed by atoms with E-state index in [1.165, 1.54) is 0 Å². The zero-order valence-corrected chi connectivity index (χ0v) is 29.5. The molecular weight excluding hydrogens is 650 g/mol. The van der Waals surface area contributed by atoms with E-state index in [0.29, 0.717) is 38.5 Å². The number of hydrogen-bond acceptors (Lipinski definition) is 9. The van der Waals surface area contributed by atoms with Crippen molar-refractivity contribution in [1.29, 1.82) is 0 Å². The standard InChI is InChI=1S/C38H47N7O6/c1-28-38(30-9-5-4-6-10-30)51-27-33-24-45(42-41-33)18-20-50-19-17-39-35(46)21-31-11-7-8-12-32(31)22-40-36(47)25-44(26-37(48)43(28)2)23-29-13-15-34(49-3)16-14-29/h4-16,24,28,38H,17-23,25-27H2,1-3H3,(H,39,46)(H,40,47)/t28-,38-/m0/s1. The predicted octanol–water partition coefficient (Wildman–Crippen LogP) is 2.90. The van der Waals surface area contributed by atoms with E-state index in [0.717, 1.165) is 28.0 Å². The number of carbonyl (C=O) groups is 3. The molecule has 2 bridgehead atoms. The lowest BCUT2D eigenvalue weighted by Gasteiger charge is -2.33. The average Bonchev–Trinajstić information content (AvgIpc) is 3.60. The number of aromatic nitrogens is 3. The van der Waals surface area contributed by atoms with Gasteiger partial charge in [0.05, 0.1) is 65.2 Å². The van der Waals surface area contributed by atoms with Crippen LogP contribution in [0.4, 0.5) is 0 Å². The second kappa shape index (κ2) is 18.8. The zero-order valence-electron chi connectivity index (χ0n) is 29.5. The first-order chi connectivity index (χ1) is 24.8. The van der Waals surface area contributed by atoms with Crippen LogP contribution in [0.1, 0.15) is 41.0 Å². The topological polar surface area (TPSA) is 140 Å². The van der Waals surface area contributed by atoms with Crippen LogP contribution in [0.3, 0.4) is 0 Å². The first kappa shape index (κ1) is 37.2. The Morgan fingerprint density at radius 1 is 0.882 bits per heavy atom. The highest BCUT2D eigenvalue weighted by molar-refractivity contribution is 5.81. The third kappa shape index (κ3) is 11.2. The molecule has 1 aromatic heterocycles. The van der Waals surface area contributed by atoms with Gasteiger partial charge in [0.2, 0.25) is 17.7 Å². The molecule has 270 valence electrons. The van der Waals surface area contributed by atoms with E-state index in [4.69, 9.17) is 14.2 Å². The van der Waals surface area contributed by atoms with E-state index in [9.17, 15) is 14.4 Å². The molecule has 3 amide bonds. The maximum absolute atomic E-state index is 13.9. The Bertz CT molecular complexity index is 1720. The van der Waals surface area contributed by atoms with E-state index in [1.807, 2.05) is 96.9 Å². The number of nitrogens with zero attached hydrogens (tertiary/aromatic N) is 5. The van der Waals surface area contributed by atoms with Gasteiger partial charge in [0.25, 0.3) is 0 Å². The van der Waals surface area contributed by atoms with Crippen molar-refractivity contribution in [2.75, 3.05) is 47.0 Å². The molecule has 2 atom stereocenters. The summed E-state index contributed by atoms with van der Waals surface area (Å²) in [6, 6.07) is 24.5. The molecule has 1 aliphatic heterocycles. The predicted molar refractivity (Wildman–Crippen MR) is 190 cm³/mol. The maximum atomic E-state index is 13.9. The molecule has 5 rings (SSSR count). The molecule has 2 N–H and O–H groups in total. The smallest absolute Gasteiger partial charge is 0.236 e. The Hall–Kier alpha value is -5.11. The van der Waals surface area contributed by atoms with Gasteiger partial charge < -0.3 is 29.7 Å². The molecule has 0 aliphatic carbocycles. The normalized spacial score (nSPS) is 19.6. The number of ether oxygens (including phenoxy) is 3.